The quantitative estimate of drug-likeness (QED) is 0.280. The Labute approximate surface area is 227 Å². The molecule has 2 aliphatic rings. The van der Waals surface area contributed by atoms with Gasteiger partial charge in [0.25, 0.3) is 0 Å². The molecule has 8 heteroatoms. The lowest BCUT2D eigenvalue weighted by atomic mass is 9.87. The summed E-state index contributed by atoms with van der Waals surface area (Å²) in [4.78, 5) is 29.3. The number of esters is 1. The van der Waals surface area contributed by atoms with E-state index in [-0.39, 0.29) is 18.0 Å². The van der Waals surface area contributed by atoms with E-state index in [0.29, 0.717) is 18.0 Å². The minimum Gasteiger partial charge on any atom is -0.465 e. The van der Waals surface area contributed by atoms with Crippen molar-refractivity contribution in [2.45, 2.75) is 64.0 Å². The molecule has 2 amide bonds. The largest absolute Gasteiger partial charge is 0.465 e. The fourth-order valence-electron chi connectivity index (χ4n) is 5.27. The number of ether oxygens (including phenoxy) is 1. The highest BCUT2D eigenvalue weighted by molar-refractivity contribution is 7.10. The van der Waals surface area contributed by atoms with Gasteiger partial charge >= 0.3 is 12.0 Å². The normalized spacial score (nSPS) is 18.1. The summed E-state index contributed by atoms with van der Waals surface area (Å²) in [6, 6.07) is 15.1. The van der Waals surface area contributed by atoms with Crippen LogP contribution in [0.25, 0.3) is 5.57 Å². The molecule has 0 radical (unpaired) electrons. The number of thiazole rings is 1. The average Bonchev–Trinajstić information content (AvgIpc) is 3.46. The van der Waals surface area contributed by atoms with Gasteiger partial charge in [0.2, 0.25) is 0 Å². The SMILES string of the molecule is CCC1=C(c2nc(C3CCCCC3)cs2)C(c2ccc(NCc3ccc(C(=O)OC)cc3)cc2)NC(=O)N1. The van der Waals surface area contributed by atoms with E-state index in [0.717, 1.165) is 39.5 Å². The number of rotatable bonds is 8. The Kier molecular flexibility index (Phi) is 8.08. The minimum absolute atomic E-state index is 0.183. The third-order valence-corrected chi connectivity index (χ3v) is 8.29. The van der Waals surface area contributed by atoms with E-state index in [2.05, 4.69) is 40.4 Å². The number of benzene rings is 2. The highest BCUT2D eigenvalue weighted by Gasteiger charge is 2.31. The second kappa shape index (κ2) is 11.8. The number of hydrogen-bond acceptors (Lipinski definition) is 6. The summed E-state index contributed by atoms with van der Waals surface area (Å²) in [5.41, 5.74) is 6.77. The number of methoxy groups -OCH3 is 1. The number of aromatic nitrogens is 1. The van der Waals surface area contributed by atoms with Crippen LogP contribution in [0.2, 0.25) is 0 Å². The fourth-order valence-corrected chi connectivity index (χ4v) is 6.27. The Bertz CT molecular complexity index is 1310. The predicted molar refractivity (Wildman–Crippen MR) is 151 cm³/mol. The molecule has 1 aliphatic heterocycles. The molecule has 1 unspecified atom stereocenters. The number of amides is 2. The summed E-state index contributed by atoms with van der Waals surface area (Å²) >= 11 is 1.68. The van der Waals surface area contributed by atoms with E-state index in [1.165, 1.54) is 44.9 Å². The van der Waals surface area contributed by atoms with Crippen LogP contribution in [0.15, 0.2) is 59.6 Å². The topological polar surface area (TPSA) is 92.3 Å². The lowest BCUT2D eigenvalue weighted by Gasteiger charge is -2.29. The number of anilines is 1. The lowest BCUT2D eigenvalue weighted by molar-refractivity contribution is 0.0600. The van der Waals surface area contributed by atoms with Gasteiger partial charge in [0.05, 0.1) is 24.4 Å². The van der Waals surface area contributed by atoms with Gasteiger partial charge in [0, 0.05) is 34.8 Å². The molecule has 1 fully saturated rings. The van der Waals surface area contributed by atoms with Crippen molar-refractivity contribution < 1.29 is 14.3 Å². The summed E-state index contributed by atoms with van der Waals surface area (Å²) in [6.07, 6.45) is 7.03. The monoisotopic (exact) mass is 530 g/mol. The molecule has 3 N–H and O–H groups in total. The molecule has 2 aromatic carbocycles. The van der Waals surface area contributed by atoms with Crippen molar-refractivity contribution in [3.05, 3.63) is 87.0 Å². The van der Waals surface area contributed by atoms with Crippen LogP contribution in [0.4, 0.5) is 10.5 Å². The summed E-state index contributed by atoms with van der Waals surface area (Å²) in [7, 11) is 1.38. The Hall–Kier alpha value is -3.65. The van der Waals surface area contributed by atoms with E-state index < -0.39 is 0 Å². The maximum absolute atomic E-state index is 12.5. The number of urea groups is 1. The average molecular weight is 531 g/mol. The molecule has 1 aliphatic carbocycles. The Morgan fingerprint density at radius 3 is 2.50 bits per heavy atom. The van der Waals surface area contributed by atoms with Gasteiger partial charge in [-0.25, -0.2) is 14.6 Å². The highest BCUT2D eigenvalue weighted by atomic mass is 32.1. The molecule has 5 rings (SSSR count). The Balaban J connectivity index is 1.33. The summed E-state index contributed by atoms with van der Waals surface area (Å²) in [5, 5.41) is 12.8. The maximum Gasteiger partial charge on any atom is 0.337 e. The molecule has 198 valence electrons. The zero-order chi connectivity index (χ0) is 26.5. The van der Waals surface area contributed by atoms with Gasteiger partial charge < -0.3 is 20.7 Å². The predicted octanol–water partition coefficient (Wildman–Crippen LogP) is 6.76. The molecule has 0 bridgehead atoms. The van der Waals surface area contributed by atoms with Crippen molar-refractivity contribution in [1.29, 1.82) is 0 Å². The first-order chi connectivity index (χ1) is 18.6. The first-order valence-electron chi connectivity index (χ1n) is 13.3. The first kappa shape index (κ1) is 26.0. The van der Waals surface area contributed by atoms with Crippen LogP contribution in [0.1, 0.15) is 89.6 Å². The Morgan fingerprint density at radius 2 is 1.82 bits per heavy atom. The first-order valence-corrected chi connectivity index (χ1v) is 14.2. The number of hydrogen-bond donors (Lipinski definition) is 3. The number of carbonyl (C=O) groups is 2. The van der Waals surface area contributed by atoms with Crippen molar-refractivity contribution in [2.75, 3.05) is 12.4 Å². The number of carbonyl (C=O) groups excluding carboxylic acids is 2. The summed E-state index contributed by atoms with van der Waals surface area (Å²) in [5.74, 6) is 0.207. The van der Waals surface area contributed by atoms with E-state index in [1.807, 2.05) is 24.3 Å². The second-order valence-corrected chi connectivity index (χ2v) is 10.7. The molecule has 0 spiro atoms. The van der Waals surface area contributed by atoms with Gasteiger partial charge in [-0.3, -0.25) is 0 Å². The third kappa shape index (κ3) is 5.75. The van der Waals surface area contributed by atoms with Gasteiger partial charge in [0.15, 0.2) is 0 Å². The van der Waals surface area contributed by atoms with Crippen molar-refractivity contribution >= 4 is 34.6 Å². The number of nitrogens with zero attached hydrogens (tertiary/aromatic N) is 1. The van der Waals surface area contributed by atoms with Gasteiger partial charge in [0.1, 0.15) is 5.01 Å². The van der Waals surface area contributed by atoms with E-state index in [9.17, 15) is 9.59 Å². The van der Waals surface area contributed by atoms with Crippen LogP contribution >= 0.6 is 11.3 Å². The summed E-state index contributed by atoms with van der Waals surface area (Å²) < 4.78 is 4.76. The molecule has 38 heavy (non-hydrogen) atoms. The smallest absolute Gasteiger partial charge is 0.337 e. The Morgan fingerprint density at radius 1 is 1.08 bits per heavy atom. The number of allylic oxidation sites excluding steroid dienone is 1. The van der Waals surface area contributed by atoms with Crippen LogP contribution in [-0.4, -0.2) is 24.1 Å². The van der Waals surface area contributed by atoms with E-state index in [4.69, 9.17) is 9.72 Å². The van der Waals surface area contributed by atoms with Crippen LogP contribution < -0.4 is 16.0 Å². The fraction of sp³-hybridized carbons (Fsp3) is 0.367. The number of nitrogens with one attached hydrogen (secondary N) is 3. The van der Waals surface area contributed by atoms with Gasteiger partial charge in [-0.1, -0.05) is 50.5 Å². The molecule has 2 heterocycles. The van der Waals surface area contributed by atoms with Gasteiger partial charge in [-0.15, -0.1) is 11.3 Å². The molecule has 3 aromatic rings. The molecule has 0 saturated heterocycles. The van der Waals surface area contributed by atoms with Crippen molar-refractivity contribution in [3.8, 4) is 0 Å². The van der Waals surface area contributed by atoms with Crippen molar-refractivity contribution in [2.24, 2.45) is 0 Å². The molecule has 1 atom stereocenters. The van der Waals surface area contributed by atoms with Crippen LogP contribution in [0, 0.1) is 0 Å². The van der Waals surface area contributed by atoms with Crippen LogP contribution in [-0.2, 0) is 11.3 Å². The minimum atomic E-state index is -0.340. The standard InChI is InChI=1S/C30H34N4O3S/c1-3-24-26(28-32-25(18-38-28)20-7-5-4-6-8-20)27(34-30(36)33-24)21-13-15-23(16-14-21)31-17-19-9-11-22(12-10-19)29(35)37-2/h9-16,18,20,27,31H,3-8,17H2,1-2H3,(H2,33,34,36). The summed E-state index contributed by atoms with van der Waals surface area (Å²) in [6.45, 7) is 2.69. The van der Waals surface area contributed by atoms with Crippen LogP contribution in [0.5, 0.6) is 0 Å². The molecular weight excluding hydrogens is 496 g/mol. The molecule has 1 saturated carbocycles. The lowest BCUT2D eigenvalue weighted by Crippen LogP contribution is -2.43. The van der Waals surface area contributed by atoms with Crippen LogP contribution in [0.3, 0.4) is 0 Å². The zero-order valence-electron chi connectivity index (χ0n) is 21.9. The van der Waals surface area contributed by atoms with Crippen molar-refractivity contribution in [3.63, 3.8) is 0 Å². The second-order valence-electron chi connectivity index (χ2n) is 9.85. The zero-order valence-corrected chi connectivity index (χ0v) is 22.7. The third-order valence-electron chi connectivity index (χ3n) is 7.40. The van der Waals surface area contributed by atoms with Crippen molar-refractivity contribution in [1.82, 2.24) is 15.6 Å². The van der Waals surface area contributed by atoms with E-state index >= 15 is 0 Å². The maximum atomic E-state index is 12.5. The highest BCUT2D eigenvalue weighted by Crippen LogP contribution is 2.40. The van der Waals surface area contributed by atoms with E-state index in [1.54, 1.807) is 23.5 Å². The molecule has 7 nitrogen and oxygen atoms in total. The molecule has 1 aromatic heterocycles. The molecular formula is C30H34N4O3S. The van der Waals surface area contributed by atoms with Gasteiger partial charge in [-0.05, 0) is 54.7 Å². The van der Waals surface area contributed by atoms with Gasteiger partial charge in [-0.2, -0.15) is 0 Å².